The molecule has 0 atom stereocenters. The summed E-state index contributed by atoms with van der Waals surface area (Å²) >= 11 is 0. The highest BCUT2D eigenvalue weighted by Crippen LogP contribution is 2.36. The summed E-state index contributed by atoms with van der Waals surface area (Å²) in [7, 11) is 0. The van der Waals surface area contributed by atoms with E-state index in [-0.39, 0.29) is 11.7 Å². The van der Waals surface area contributed by atoms with Crippen molar-refractivity contribution in [3.63, 3.8) is 0 Å². The van der Waals surface area contributed by atoms with Crippen LogP contribution < -0.4 is 5.32 Å². The van der Waals surface area contributed by atoms with Crippen molar-refractivity contribution in [3.05, 3.63) is 93.3 Å². The van der Waals surface area contributed by atoms with Gasteiger partial charge in [0.15, 0.2) is 6.61 Å². The number of amides is 1. The van der Waals surface area contributed by atoms with E-state index < -0.39 is 23.4 Å². The monoisotopic (exact) mass is 525 g/mol. The van der Waals surface area contributed by atoms with Crippen LogP contribution in [0.25, 0.3) is 22.6 Å². The van der Waals surface area contributed by atoms with Gasteiger partial charge in [0.25, 0.3) is 11.6 Å². The quantitative estimate of drug-likeness (QED) is 0.189. The van der Waals surface area contributed by atoms with Gasteiger partial charge in [0, 0.05) is 29.6 Å². The first-order valence-electron chi connectivity index (χ1n) is 12.7. The number of aromatic nitrogens is 3. The Labute approximate surface area is 224 Å². The average Bonchev–Trinajstić information content (AvgIpc) is 3.39. The number of non-ortho nitro benzene ring substituents is 1. The smallest absolute Gasteiger partial charge is 0.339 e. The fraction of sp³-hybridized carbons (Fsp3) is 0.241. The van der Waals surface area contributed by atoms with Crippen molar-refractivity contribution in [2.45, 2.75) is 39.2 Å². The second-order valence-electron chi connectivity index (χ2n) is 9.58. The van der Waals surface area contributed by atoms with Gasteiger partial charge in [-0.3, -0.25) is 14.9 Å². The van der Waals surface area contributed by atoms with E-state index in [9.17, 15) is 19.7 Å². The van der Waals surface area contributed by atoms with Crippen LogP contribution in [0.5, 0.6) is 0 Å². The van der Waals surface area contributed by atoms with E-state index in [1.165, 1.54) is 12.1 Å². The predicted octanol–water partition coefficient (Wildman–Crippen LogP) is 5.59. The molecule has 10 nitrogen and oxygen atoms in total. The van der Waals surface area contributed by atoms with Gasteiger partial charge in [-0.2, -0.15) is 5.10 Å². The number of fused-ring (bicyclic) bond motifs is 2. The molecule has 2 heterocycles. The van der Waals surface area contributed by atoms with E-state index >= 15 is 0 Å². The van der Waals surface area contributed by atoms with E-state index in [1.807, 2.05) is 44.2 Å². The number of hydrogen-bond acceptors (Lipinski definition) is 7. The summed E-state index contributed by atoms with van der Waals surface area (Å²) in [5, 5.41) is 18.6. The molecule has 2 aromatic carbocycles. The van der Waals surface area contributed by atoms with Crippen LogP contribution in [0.15, 0.2) is 60.8 Å². The number of benzene rings is 2. The summed E-state index contributed by atoms with van der Waals surface area (Å²) in [5.41, 5.74) is 4.29. The number of carbonyl (C=O) groups excluding carboxylic acids is 2. The maximum absolute atomic E-state index is 13.4. The molecule has 0 aliphatic heterocycles. The number of pyridine rings is 1. The molecular formula is C29H27N5O5. The summed E-state index contributed by atoms with van der Waals surface area (Å²) in [4.78, 5) is 41.5. The largest absolute Gasteiger partial charge is 0.452 e. The summed E-state index contributed by atoms with van der Waals surface area (Å²) in [5.74, 6) is -0.524. The highest BCUT2D eigenvalue weighted by atomic mass is 16.6. The van der Waals surface area contributed by atoms with Gasteiger partial charge in [-0.1, -0.05) is 18.2 Å². The molecule has 4 aromatic rings. The molecule has 5 rings (SSSR count). The van der Waals surface area contributed by atoms with Gasteiger partial charge < -0.3 is 10.1 Å². The molecule has 1 N–H and O–H groups in total. The minimum Gasteiger partial charge on any atom is -0.452 e. The molecule has 0 spiro atoms. The molecule has 1 aliphatic carbocycles. The van der Waals surface area contributed by atoms with Gasteiger partial charge in [-0.25, -0.2) is 14.5 Å². The number of para-hydroxylation sites is 1. The lowest BCUT2D eigenvalue weighted by molar-refractivity contribution is -0.384. The van der Waals surface area contributed by atoms with E-state index in [4.69, 9.17) is 9.72 Å². The van der Waals surface area contributed by atoms with Crippen molar-refractivity contribution in [3.8, 4) is 0 Å². The second-order valence-corrected chi connectivity index (χ2v) is 9.58. The number of rotatable bonds is 7. The average molecular weight is 526 g/mol. The molecule has 2 aromatic heterocycles. The first kappa shape index (κ1) is 25.8. The van der Waals surface area contributed by atoms with Crippen molar-refractivity contribution >= 4 is 45.9 Å². The lowest BCUT2D eigenvalue weighted by Gasteiger charge is -2.22. The highest BCUT2D eigenvalue weighted by molar-refractivity contribution is 6.07. The standard InChI is InChI=1S/C29H27N5O5/c1-18(2)33-25(14-15-30-33)32-26(35)17-39-29(36)27-22-7-3-4-9-24(22)31-28-20(6-5-8-23(27)28)16-19-10-12-21(13-11-19)34(37)38/h3-4,7,9-16,18H,5-6,8,17H2,1-2H3,(H,32,35)/b20-16+. The number of anilines is 1. The minimum atomic E-state index is -0.589. The van der Waals surface area contributed by atoms with Crippen molar-refractivity contribution in [2.24, 2.45) is 0 Å². The number of nitrogens with one attached hydrogen (secondary N) is 1. The van der Waals surface area contributed by atoms with E-state index in [0.717, 1.165) is 29.5 Å². The Morgan fingerprint density at radius 2 is 1.90 bits per heavy atom. The van der Waals surface area contributed by atoms with Crippen LogP contribution in [0.1, 0.15) is 59.9 Å². The van der Waals surface area contributed by atoms with Crippen LogP contribution in [-0.4, -0.2) is 38.2 Å². The summed E-state index contributed by atoms with van der Waals surface area (Å²) in [6.07, 6.45) is 5.72. The maximum Gasteiger partial charge on any atom is 0.339 e. The molecule has 1 aliphatic rings. The number of carbonyl (C=O) groups is 2. The van der Waals surface area contributed by atoms with Crippen LogP contribution in [-0.2, 0) is 16.0 Å². The Hall–Kier alpha value is -4.86. The maximum atomic E-state index is 13.4. The summed E-state index contributed by atoms with van der Waals surface area (Å²) < 4.78 is 7.18. The molecule has 0 saturated heterocycles. The van der Waals surface area contributed by atoms with Gasteiger partial charge >= 0.3 is 5.97 Å². The lowest BCUT2D eigenvalue weighted by atomic mass is 9.86. The zero-order chi connectivity index (χ0) is 27.5. The van der Waals surface area contributed by atoms with E-state index in [2.05, 4.69) is 10.4 Å². The minimum absolute atomic E-state index is 0.0213. The molecular weight excluding hydrogens is 498 g/mol. The van der Waals surface area contributed by atoms with Crippen LogP contribution in [0.3, 0.4) is 0 Å². The van der Waals surface area contributed by atoms with Crippen molar-refractivity contribution in [1.82, 2.24) is 14.8 Å². The second kappa shape index (κ2) is 10.9. The first-order chi connectivity index (χ1) is 18.8. The van der Waals surface area contributed by atoms with Crippen molar-refractivity contribution in [2.75, 3.05) is 11.9 Å². The van der Waals surface area contributed by atoms with Gasteiger partial charge in [0.1, 0.15) is 5.82 Å². The first-order valence-corrected chi connectivity index (χ1v) is 12.7. The normalized spacial score (nSPS) is 13.9. The van der Waals surface area contributed by atoms with Crippen molar-refractivity contribution in [1.29, 1.82) is 0 Å². The van der Waals surface area contributed by atoms with Crippen molar-refractivity contribution < 1.29 is 19.2 Å². The highest BCUT2D eigenvalue weighted by Gasteiger charge is 2.26. The third-order valence-corrected chi connectivity index (χ3v) is 6.58. The number of esters is 1. The van der Waals surface area contributed by atoms with Gasteiger partial charge in [-0.15, -0.1) is 0 Å². The Bertz CT molecular complexity index is 1600. The van der Waals surface area contributed by atoms with Gasteiger partial charge in [0.2, 0.25) is 0 Å². The molecule has 0 fully saturated rings. The summed E-state index contributed by atoms with van der Waals surface area (Å²) in [6.45, 7) is 3.45. The lowest BCUT2D eigenvalue weighted by Crippen LogP contribution is -2.24. The third kappa shape index (κ3) is 5.40. The molecule has 0 radical (unpaired) electrons. The third-order valence-electron chi connectivity index (χ3n) is 6.58. The molecule has 0 saturated carbocycles. The van der Waals surface area contributed by atoms with E-state index in [0.29, 0.717) is 34.4 Å². The van der Waals surface area contributed by atoms with Crippen LogP contribution >= 0.6 is 0 Å². The SMILES string of the molecule is CC(C)n1nccc1NC(=O)COC(=O)c1c2c(nc3ccccc13)/C(=C/c1ccc([N+](=O)[O-])cc1)CCC2. The van der Waals surface area contributed by atoms with Crippen LogP contribution in [0, 0.1) is 10.1 Å². The number of nitro benzene ring substituents is 1. The number of nitro groups is 1. The zero-order valence-electron chi connectivity index (χ0n) is 21.6. The Balaban J connectivity index is 1.44. The topological polar surface area (TPSA) is 129 Å². The fourth-order valence-electron chi connectivity index (χ4n) is 4.81. The number of nitrogens with zero attached hydrogens (tertiary/aromatic N) is 4. The number of hydrogen-bond donors (Lipinski definition) is 1. The summed E-state index contributed by atoms with van der Waals surface area (Å²) in [6, 6.07) is 15.4. The van der Waals surface area contributed by atoms with Crippen LogP contribution in [0.4, 0.5) is 11.5 Å². The molecule has 0 bridgehead atoms. The predicted molar refractivity (Wildman–Crippen MR) is 147 cm³/mol. The number of ether oxygens (including phenoxy) is 1. The molecule has 0 unspecified atom stereocenters. The number of allylic oxidation sites excluding steroid dienone is 1. The molecule has 39 heavy (non-hydrogen) atoms. The fourth-order valence-corrected chi connectivity index (χ4v) is 4.81. The molecule has 10 heteroatoms. The zero-order valence-corrected chi connectivity index (χ0v) is 21.6. The van der Waals surface area contributed by atoms with E-state index in [1.54, 1.807) is 29.1 Å². The van der Waals surface area contributed by atoms with Gasteiger partial charge in [-0.05, 0) is 74.1 Å². The molecule has 1 amide bonds. The Kier molecular flexibility index (Phi) is 7.18. The Morgan fingerprint density at radius 1 is 1.13 bits per heavy atom. The van der Waals surface area contributed by atoms with Gasteiger partial charge in [0.05, 0.1) is 27.9 Å². The van der Waals surface area contributed by atoms with Crippen LogP contribution in [0.2, 0.25) is 0 Å². The molecule has 198 valence electrons. The Morgan fingerprint density at radius 3 is 2.64 bits per heavy atom.